The minimum atomic E-state index is 0. The number of rotatable bonds is 4. The first-order chi connectivity index (χ1) is 7.43. The fourth-order valence-corrected chi connectivity index (χ4v) is 2.72. The SMILES string of the molecule is C1CC(N(CC2CC2)C2CNC2)CCO1.Cl.Cl. The molecule has 0 atom stereocenters. The first-order valence-corrected chi connectivity index (χ1v) is 6.47. The lowest BCUT2D eigenvalue weighted by Gasteiger charge is -2.44. The Morgan fingerprint density at radius 3 is 2.06 bits per heavy atom. The zero-order valence-electron chi connectivity index (χ0n) is 10.3. The van der Waals surface area contributed by atoms with Gasteiger partial charge in [0.05, 0.1) is 0 Å². The van der Waals surface area contributed by atoms with Gasteiger partial charge in [-0.05, 0) is 31.6 Å². The summed E-state index contributed by atoms with van der Waals surface area (Å²) in [5.41, 5.74) is 0. The second-order valence-corrected chi connectivity index (χ2v) is 5.30. The van der Waals surface area contributed by atoms with Crippen LogP contribution in [-0.2, 0) is 4.74 Å². The largest absolute Gasteiger partial charge is 0.381 e. The maximum atomic E-state index is 5.46. The highest BCUT2D eigenvalue weighted by Crippen LogP contribution is 2.32. The molecule has 17 heavy (non-hydrogen) atoms. The van der Waals surface area contributed by atoms with Crippen molar-refractivity contribution >= 4 is 24.8 Å². The molecule has 2 aliphatic heterocycles. The van der Waals surface area contributed by atoms with Crippen molar-refractivity contribution in [3.8, 4) is 0 Å². The Morgan fingerprint density at radius 2 is 1.59 bits per heavy atom. The van der Waals surface area contributed by atoms with Gasteiger partial charge >= 0.3 is 0 Å². The second kappa shape index (κ2) is 7.15. The van der Waals surface area contributed by atoms with Crippen molar-refractivity contribution < 1.29 is 4.74 Å². The van der Waals surface area contributed by atoms with Crippen LogP contribution in [0.3, 0.4) is 0 Å². The zero-order chi connectivity index (χ0) is 10.1. The third-order valence-electron chi connectivity index (χ3n) is 4.05. The van der Waals surface area contributed by atoms with Gasteiger partial charge in [0.1, 0.15) is 0 Å². The molecule has 3 fully saturated rings. The van der Waals surface area contributed by atoms with Gasteiger partial charge in [0.2, 0.25) is 0 Å². The molecule has 3 rings (SSSR count). The van der Waals surface area contributed by atoms with Gasteiger partial charge in [-0.2, -0.15) is 0 Å². The number of hydrogen-bond donors (Lipinski definition) is 1. The van der Waals surface area contributed by atoms with Gasteiger partial charge in [0, 0.05) is 44.9 Å². The minimum absolute atomic E-state index is 0. The lowest BCUT2D eigenvalue weighted by atomic mass is 10.0. The fourth-order valence-electron chi connectivity index (χ4n) is 2.72. The van der Waals surface area contributed by atoms with Gasteiger partial charge in [0.15, 0.2) is 0 Å². The van der Waals surface area contributed by atoms with E-state index in [1.165, 1.54) is 45.3 Å². The summed E-state index contributed by atoms with van der Waals surface area (Å²) in [6, 6.07) is 1.64. The van der Waals surface area contributed by atoms with Gasteiger partial charge in [0.25, 0.3) is 0 Å². The molecule has 0 unspecified atom stereocenters. The van der Waals surface area contributed by atoms with Crippen LogP contribution in [0.5, 0.6) is 0 Å². The van der Waals surface area contributed by atoms with E-state index in [-0.39, 0.29) is 24.8 Å². The van der Waals surface area contributed by atoms with Crippen LogP contribution >= 0.6 is 24.8 Å². The summed E-state index contributed by atoms with van der Waals surface area (Å²) in [5.74, 6) is 1.02. The maximum Gasteiger partial charge on any atom is 0.0480 e. The molecule has 0 bridgehead atoms. The van der Waals surface area contributed by atoms with Crippen molar-refractivity contribution in [2.75, 3.05) is 32.8 Å². The zero-order valence-corrected chi connectivity index (χ0v) is 11.9. The highest BCUT2D eigenvalue weighted by atomic mass is 35.5. The maximum absolute atomic E-state index is 5.46. The summed E-state index contributed by atoms with van der Waals surface area (Å²) in [6.07, 6.45) is 5.45. The van der Waals surface area contributed by atoms with Gasteiger partial charge < -0.3 is 10.1 Å². The molecule has 3 aliphatic rings. The average Bonchev–Trinajstić information content (AvgIpc) is 2.99. The molecule has 1 saturated carbocycles. The van der Waals surface area contributed by atoms with Crippen LogP contribution in [0.15, 0.2) is 0 Å². The Labute approximate surface area is 116 Å². The molecule has 102 valence electrons. The molecule has 5 heteroatoms. The molecular weight excluding hydrogens is 259 g/mol. The van der Waals surface area contributed by atoms with E-state index in [9.17, 15) is 0 Å². The van der Waals surface area contributed by atoms with E-state index in [0.717, 1.165) is 31.2 Å². The predicted octanol–water partition coefficient (Wildman–Crippen LogP) is 1.69. The molecule has 1 aliphatic carbocycles. The molecule has 0 aromatic heterocycles. The lowest BCUT2D eigenvalue weighted by Crippen LogP contribution is -2.61. The molecule has 2 saturated heterocycles. The van der Waals surface area contributed by atoms with Crippen molar-refractivity contribution in [2.24, 2.45) is 5.92 Å². The smallest absolute Gasteiger partial charge is 0.0480 e. The third-order valence-corrected chi connectivity index (χ3v) is 4.05. The average molecular weight is 283 g/mol. The lowest BCUT2D eigenvalue weighted by molar-refractivity contribution is 0.00358. The van der Waals surface area contributed by atoms with Crippen LogP contribution in [0, 0.1) is 5.92 Å². The quantitative estimate of drug-likeness (QED) is 0.850. The van der Waals surface area contributed by atoms with Crippen LogP contribution in [0.2, 0.25) is 0 Å². The first kappa shape index (κ1) is 15.5. The standard InChI is InChI=1S/C12H22N2O.2ClH/c1-2-10(1)9-14(12-7-13-8-12)11-3-5-15-6-4-11;;/h10-13H,1-9H2;2*1H. The molecule has 0 amide bonds. The van der Waals surface area contributed by atoms with Crippen molar-refractivity contribution in [3.63, 3.8) is 0 Å². The van der Waals surface area contributed by atoms with Crippen molar-refractivity contribution in [2.45, 2.75) is 37.8 Å². The van der Waals surface area contributed by atoms with E-state index in [1.807, 2.05) is 0 Å². The van der Waals surface area contributed by atoms with Crippen LogP contribution in [0.25, 0.3) is 0 Å². The van der Waals surface area contributed by atoms with Crippen LogP contribution < -0.4 is 5.32 Å². The third kappa shape index (κ3) is 3.97. The van der Waals surface area contributed by atoms with Gasteiger partial charge in [-0.25, -0.2) is 0 Å². The van der Waals surface area contributed by atoms with E-state index in [4.69, 9.17) is 4.74 Å². The Balaban J connectivity index is 0.000000722. The van der Waals surface area contributed by atoms with Crippen LogP contribution in [0.4, 0.5) is 0 Å². The summed E-state index contributed by atoms with van der Waals surface area (Å²) in [4.78, 5) is 2.79. The molecule has 0 spiro atoms. The summed E-state index contributed by atoms with van der Waals surface area (Å²) in [7, 11) is 0. The number of nitrogens with one attached hydrogen (secondary N) is 1. The normalized spacial score (nSPS) is 25.9. The summed E-state index contributed by atoms with van der Waals surface area (Å²) < 4.78 is 5.46. The Morgan fingerprint density at radius 1 is 0.941 bits per heavy atom. The molecule has 0 aromatic carbocycles. The van der Waals surface area contributed by atoms with E-state index in [0.29, 0.717) is 0 Å². The highest BCUT2D eigenvalue weighted by Gasteiger charge is 2.35. The van der Waals surface area contributed by atoms with Gasteiger partial charge in [-0.1, -0.05) is 0 Å². The van der Waals surface area contributed by atoms with E-state index in [1.54, 1.807) is 0 Å². The monoisotopic (exact) mass is 282 g/mol. The molecule has 2 heterocycles. The Bertz CT molecular complexity index is 217. The minimum Gasteiger partial charge on any atom is -0.381 e. The van der Waals surface area contributed by atoms with Crippen molar-refractivity contribution in [1.82, 2.24) is 10.2 Å². The van der Waals surface area contributed by atoms with Gasteiger partial charge in [-0.3, -0.25) is 4.90 Å². The number of hydrogen-bond acceptors (Lipinski definition) is 3. The molecular formula is C12H24Cl2N2O. The number of nitrogens with zero attached hydrogens (tertiary/aromatic N) is 1. The molecule has 1 N–H and O–H groups in total. The number of halogens is 2. The van der Waals surface area contributed by atoms with E-state index in [2.05, 4.69) is 10.2 Å². The Kier molecular flexibility index (Phi) is 6.52. The summed E-state index contributed by atoms with van der Waals surface area (Å²) in [5, 5.41) is 3.40. The topological polar surface area (TPSA) is 24.5 Å². The van der Waals surface area contributed by atoms with Crippen LogP contribution in [-0.4, -0.2) is 49.8 Å². The molecule has 0 aromatic rings. The Hall–Kier alpha value is 0.460. The van der Waals surface area contributed by atoms with E-state index < -0.39 is 0 Å². The fraction of sp³-hybridized carbons (Fsp3) is 1.00. The molecule has 0 radical (unpaired) electrons. The predicted molar refractivity (Wildman–Crippen MR) is 74.4 cm³/mol. The summed E-state index contributed by atoms with van der Waals surface area (Å²) in [6.45, 7) is 5.74. The summed E-state index contributed by atoms with van der Waals surface area (Å²) >= 11 is 0. The number of ether oxygens (including phenoxy) is 1. The second-order valence-electron chi connectivity index (χ2n) is 5.30. The first-order valence-electron chi connectivity index (χ1n) is 6.47. The van der Waals surface area contributed by atoms with Crippen molar-refractivity contribution in [1.29, 1.82) is 0 Å². The highest BCUT2D eigenvalue weighted by molar-refractivity contribution is 5.85. The van der Waals surface area contributed by atoms with E-state index >= 15 is 0 Å². The molecule has 3 nitrogen and oxygen atoms in total. The van der Waals surface area contributed by atoms with Crippen LogP contribution in [0.1, 0.15) is 25.7 Å². The van der Waals surface area contributed by atoms with Crippen molar-refractivity contribution in [3.05, 3.63) is 0 Å². The van der Waals surface area contributed by atoms with Gasteiger partial charge in [-0.15, -0.1) is 24.8 Å².